The maximum absolute atomic E-state index is 13.0. The highest BCUT2D eigenvalue weighted by Gasteiger charge is 2.49. The van der Waals surface area contributed by atoms with Crippen molar-refractivity contribution in [3.05, 3.63) is 82.1 Å². The summed E-state index contributed by atoms with van der Waals surface area (Å²) in [7, 11) is 2.15. The van der Waals surface area contributed by atoms with Crippen LogP contribution >= 0.6 is 11.6 Å². The Balaban J connectivity index is 1.41. The van der Waals surface area contributed by atoms with Crippen LogP contribution in [0.4, 0.5) is 5.69 Å². The van der Waals surface area contributed by atoms with Gasteiger partial charge < -0.3 is 14.4 Å². The second-order valence-electron chi connectivity index (χ2n) is 8.42. The van der Waals surface area contributed by atoms with E-state index in [1.807, 2.05) is 17.0 Å². The summed E-state index contributed by atoms with van der Waals surface area (Å²) in [6.07, 6.45) is 3.82. The number of amides is 1. The Labute approximate surface area is 187 Å². The van der Waals surface area contributed by atoms with Gasteiger partial charge in [-0.3, -0.25) is 4.79 Å². The second kappa shape index (κ2) is 7.18. The average molecular weight is 431 g/mol. The summed E-state index contributed by atoms with van der Waals surface area (Å²) in [6, 6.07) is 17.2. The topological polar surface area (TPSA) is 52.3 Å². The third-order valence-corrected chi connectivity index (χ3v) is 7.05. The lowest BCUT2D eigenvalue weighted by atomic mass is 9.83. The molecule has 3 aliphatic rings. The van der Waals surface area contributed by atoms with E-state index in [1.54, 1.807) is 24.3 Å². The molecule has 31 heavy (non-hydrogen) atoms. The number of anilines is 1. The summed E-state index contributed by atoms with van der Waals surface area (Å²) in [4.78, 5) is 17.4. The van der Waals surface area contributed by atoms with Gasteiger partial charge in [-0.2, -0.15) is 5.26 Å². The molecule has 1 saturated heterocycles. The molecule has 2 aromatic rings. The van der Waals surface area contributed by atoms with Crippen molar-refractivity contribution in [1.29, 1.82) is 5.26 Å². The van der Waals surface area contributed by atoms with E-state index in [2.05, 4.69) is 47.8 Å². The first-order valence-corrected chi connectivity index (χ1v) is 10.8. The summed E-state index contributed by atoms with van der Waals surface area (Å²) >= 11 is 6.20. The fraction of sp³-hybridized carbons (Fsp3) is 0.280. The summed E-state index contributed by atoms with van der Waals surface area (Å²) < 4.78 is 2.26. The molecule has 3 aliphatic heterocycles. The number of aromatic nitrogens is 1. The molecule has 0 saturated carbocycles. The predicted molar refractivity (Wildman–Crippen MR) is 122 cm³/mol. The van der Waals surface area contributed by atoms with Gasteiger partial charge in [0.2, 0.25) is 0 Å². The SMILES string of the molecule is Cc1cc(Cl)ccc1N(C)C1(c2c3ccn2-3)CCN(C(=O)c2ccc(C#N)cc2)CC1. The van der Waals surface area contributed by atoms with Gasteiger partial charge in [-0.1, -0.05) is 11.6 Å². The molecule has 0 atom stereocenters. The van der Waals surface area contributed by atoms with Crippen molar-refractivity contribution in [3.8, 4) is 11.8 Å². The Bertz CT molecular complexity index is 1190. The molecule has 0 aromatic heterocycles. The molecule has 0 radical (unpaired) electrons. The van der Waals surface area contributed by atoms with E-state index >= 15 is 0 Å². The molecule has 0 aliphatic carbocycles. The molecule has 0 spiro atoms. The van der Waals surface area contributed by atoms with Crippen LogP contribution in [0.1, 0.15) is 40.0 Å². The molecular formula is C25H23ClN4O. The molecule has 0 N–H and O–H groups in total. The van der Waals surface area contributed by atoms with Crippen LogP contribution in [0.5, 0.6) is 0 Å². The van der Waals surface area contributed by atoms with Crippen LogP contribution in [0.3, 0.4) is 0 Å². The highest BCUT2D eigenvalue weighted by atomic mass is 35.5. The Hall–Kier alpha value is -3.23. The van der Waals surface area contributed by atoms with Gasteiger partial charge in [0.1, 0.15) is 0 Å². The van der Waals surface area contributed by atoms with Crippen LogP contribution in [-0.4, -0.2) is 35.5 Å². The lowest BCUT2D eigenvalue weighted by molar-refractivity contribution is 0.0666. The van der Waals surface area contributed by atoms with Gasteiger partial charge in [0.05, 0.1) is 28.6 Å². The van der Waals surface area contributed by atoms with Gasteiger partial charge in [-0.25, -0.2) is 0 Å². The van der Waals surface area contributed by atoms with Crippen LogP contribution in [0.2, 0.25) is 5.02 Å². The number of hydrogen-bond acceptors (Lipinski definition) is 3. The van der Waals surface area contributed by atoms with Crippen LogP contribution in [0, 0.1) is 18.3 Å². The molecule has 1 amide bonds. The number of aryl methyl sites for hydroxylation is 1. The lowest BCUT2D eigenvalue weighted by Gasteiger charge is -2.47. The first kappa shape index (κ1) is 19.7. The van der Waals surface area contributed by atoms with E-state index in [9.17, 15) is 4.79 Å². The standard InChI is InChI=1S/C25H23ClN4O/c1-17-15-20(26)7-8-21(17)28(2)25(23-22-9-12-30(22)23)10-13-29(14-11-25)24(31)19-5-3-18(16-27)4-6-19/h3-9,12,15H,10-11,13-14H2,1-2H3. The molecule has 5 nitrogen and oxygen atoms in total. The zero-order valence-corrected chi connectivity index (χ0v) is 18.4. The molecule has 3 heterocycles. The molecule has 6 heteroatoms. The number of carbonyl (C=O) groups is 1. The van der Waals surface area contributed by atoms with E-state index in [0.29, 0.717) is 24.2 Å². The second-order valence-corrected chi connectivity index (χ2v) is 8.86. The molecule has 156 valence electrons. The van der Waals surface area contributed by atoms with Gasteiger partial charge in [0.15, 0.2) is 0 Å². The number of likely N-dealkylation sites (tertiary alicyclic amines) is 1. The van der Waals surface area contributed by atoms with E-state index in [-0.39, 0.29) is 11.4 Å². The zero-order valence-electron chi connectivity index (χ0n) is 17.6. The van der Waals surface area contributed by atoms with Crippen LogP contribution in [-0.2, 0) is 5.54 Å². The van der Waals surface area contributed by atoms with Crippen LogP contribution in [0.25, 0.3) is 5.69 Å². The third kappa shape index (κ3) is 3.10. The summed E-state index contributed by atoms with van der Waals surface area (Å²) in [6.45, 7) is 3.45. The van der Waals surface area contributed by atoms with Crippen molar-refractivity contribution in [2.75, 3.05) is 25.0 Å². The van der Waals surface area contributed by atoms with E-state index in [1.165, 1.54) is 11.4 Å². The number of carbonyl (C=O) groups excluding carboxylic acids is 1. The Morgan fingerprint density at radius 2 is 1.81 bits per heavy atom. The fourth-order valence-electron chi connectivity index (χ4n) is 4.94. The predicted octanol–water partition coefficient (Wildman–Crippen LogP) is 4.89. The number of nitriles is 1. The van der Waals surface area contributed by atoms with Crippen LogP contribution < -0.4 is 4.90 Å². The molecule has 1 fully saturated rings. The Morgan fingerprint density at radius 3 is 2.35 bits per heavy atom. The number of rotatable bonds is 4. The number of hydrogen-bond donors (Lipinski definition) is 0. The third-order valence-electron chi connectivity index (χ3n) is 6.82. The number of benzene rings is 2. The lowest BCUT2D eigenvalue weighted by Crippen LogP contribution is -2.52. The largest absolute Gasteiger partial charge is 0.363 e. The van der Waals surface area contributed by atoms with Crippen molar-refractivity contribution in [2.45, 2.75) is 25.3 Å². The monoisotopic (exact) mass is 430 g/mol. The summed E-state index contributed by atoms with van der Waals surface area (Å²) in [5, 5.41) is 9.73. The van der Waals surface area contributed by atoms with Crippen LogP contribution in [0.15, 0.2) is 54.7 Å². The quantitative estimate of drug-likeness (QED) is 0.463. The van der Waals surface area contributed by atoms with Gasteiger partial charge in [0, 0.05) is 42.6 Å². The van der Waals surface area contributed by atoms with Crippen molar-refractivity contribution in [1.82, 2.24) is 9.47 Å². The van der Waals surface area contributed by atoms with Crippen molar-refractivity contribution in [3.63, 3.8) is 0 Å². The summed E-state index contributed by atoms with van der Waals surface area (Å²) in [5.41, 5.74) is 6.02. The molecule has 2 aromatic carbocycles. The first-order chi connectivity index (χ1) is 14.9. The smallest absolute Gasteiger partial charge is 0.253 e. The highest BCUT2D eigenvalue weighted by Crippen LogP contribution is 2.51. The molecular weight excluding hydrogens is 408 g/mol. The number of nitrogens with zero attached hydrogens (tertiary/aromatic N) is 4. The minimum Gasteiger partial charge on any atom is -0.363 e. The number of piperidine rings is 1. The minimum absolute atomic E-state index is 0.0262. The molecule has 0 unspecified atom stereocenters. The van der Waals surface area contributed by atoms with Gasteiger partial charge in [-0.05, 0) is 73.9 Å². The maximum Gasteiger partial charge on any atom is 0.253 e. The minimum atomic E-state index is -0.154. The van der Waals surface area contributed by atoms with Gasteiger partial charge >= 0.3 is 0 Å². The first-order valence-electron chi connectivity index (χ1n) is 10.5. The van der Waals surface area contributed by atoms with E-state index in [4.69, 9.17) is 16.9 Å². The van der Waals surface area contributed by atoms with Gasteiger partial charge in [0.25, 0.3) is 5.91 Å². The Kier molecular flexibility index (Phi) is 4.56. The average Bonchev–Trinajstić information content (AvgIpc) is 3.32. The zero-order chi connectivity index (χ0) is 21.8. The van der Waals surface area contributed by atoms with E-state index < -0.39 is 0 Å². The summed E-state index contributed by atoms with van der Waals surface area (Å²) in [5.74, 6) is 0.0262. The number of halogens is 1. The van der Waals surface area contributed by atoms with E-state index in [0.717, 1.165) is 29.1 Å². The van der Waals surface area contributed by atoms with Crippen molar-refractivity contribution >= 4 is 23.2 Å². The van der Waals surface area contributed by atoms with Crippen molar-refractivity contribution in [2.24, 2.45) is 0 Å². The van der Waals surface area contributed by atoms with Crippen molar-refractivity contribution < 1.29 is 4.79 Å². The highest BCUT2D eigenvalue weighted by molar-refractivity contribution is 6.30. The molecule has 5 rings (SSSR count). The van der Waals surface area contributed by atoms with Gasteiger partial charge in [-0.15, -0.1) is 0 Å². The Morgan fingerprint density at radius 1 is 1.13 bits per heavy atom. The normalized spacial score (nSPS) is 16.0. The molecule has 0 bridgehead atoms. The number of fused-ring (bicyclic) bond motifs is 1. The maximum atomic E-state index is 13.0. The fourth-order valence-corrected chi connectivity index (χ4v) is 5.16.